The van der Waals surface area contributed by atoms with Gasteiger partial charge in [-0.05, 0) is 148 Å². The fourth-order valence-electron chi connectivity index (χ4n) is 9.28. The first-order chi connectivity index (χ1) is 48.7. The van der Waals surface area contributed by atoms with Crippen LogP contribution in [-0.2, 0) is 65.4 Å². The summed E-state index contributed by atoms with van der Waals surface area (Å²) in [5.41, 5.74) is 0. The van der Waals surface area contributed by atoms with Crippen LogP contribution in [0.3, 0.4) is 0 Å². The molecule has 0 aliphatic carbocycles. The number of rotatable bonds is 69. The molecule has 0 aliphatic rings. The highest BCUT2D eigenvalue weighted by Crippen LogP contribution is 2.45. The summed E-state index contributed by atoms with van der Waals surface area (Å²) in [6, 6.07) is 0. The van der Waals surface area contributed by atoms with E-state index in [1.807, 2.05) is 18.2 Å². The molecule has 3 N–H and O–H groups in total. The molecule has 0 heterocycles. The number of carbonyl (C=O) groups excluding carboxylic acids is 4. The third-order valence-electron chi connectivity index (χ3n) is 14.9. The number of phosphoric ester groups is 2. The lowest BCUT2D eigenvalue weighted by Crippen LogP contribution is -2.30. The number of unbranched alkanes of at least 4 members (excludes halogenated alkanes) is 17. The molecule has 100 heavy (non-hydrogen) atoms. The molecular weight excluding hydrogens is 1310 g/mol. The number of esters is 4. The smallest absolute Gasteiger partial charge is 0.462 e. The van der Waals surface area contributed by atoms with Crippen molar-refractivity contribution in [2.24, 2.45) is 0 Å². The number of aliphatic hydroxyl groups excluding tert-OH is 1. The van der Waals surface area contributed by atoms with Crippen molar-refractivity contribution in [2.75, 3.05) is 39.6 Å². The summed E-state index contributed by atoms with van der Waals surface area (Å²) in [5, 5.41) is 10.6. The molecule has 17 nitrogen and oxygen atoms in total. The lowest BCUT2D eigenvalue weighted by atomic mass is 10.1. The van der Waals surface area contributed by atoms with Gasteiger partial charge in [0, 0.05) is 25.7 Å². The summed E-state index contributed by atoms with van der Waals surface area (Å²) in [6.07, 6.45) is 82.5. The lowest BCUT2D eigenvalue weighted by molar-refractivity contribution is -0.161. The molecule has 0 spiro atoms. The van der Waals surface area contributed by atoms with Crippen LogP contribution in [0.4, 0.5) is 0 Å². The zero-order valence-electron chi connectivity index (χ0n) is 61.8. The van der Waals surface area contributed by atoms with Crippen molar-refractivity contribution in [3.63, 3.8) is 0 Å². The van der Waals surface area contributed by atoms with E-state index >= 15 is 0 Å². The molecule has 0 saturated heterocycles. The molecule has 5 unspecified atom stereocenters. The minimum absolute atomic E-state index is 0.0266. The highest BCUT2D eigenvalue weighted by molar-refractivity contribution is 7.47. The van der Waals surface area contributed by atoms with Crippen LogP contribution in [0.5, 0.6) is 0 Å². The van der Waals surface area contributed by atoms with Crippen molar-refractivity contribution < 1.29 is 80.2 Å². The Kier molecular flexibility index (Phi) is 68.2. The van der Waals surface area contributed by atoms with E-state index in [9.17, 15) is 43.2 Å². The maximum absolute atomic E-state index is 13.1. The van der Waals surface area contributed by atoms with Crippen molar-refractivity contribution >= 4 is 39.5 Å². The molecule has 0 amide bonds. The van der Waals surface area contributed by atoms with E-state index in [1.165, 1.54) is 0 Å². The minimum Gasteiger partial charge on any atom is -0.462 e. The molecule has 0 aromatic rings. The van der Waals surface area contributed by atoms with Gasteiger partial charge in [0.25, 0.3) is 0 Å². The first-order valence-electron chi connectivity index (χ1n) is 37.7. The zero-order chi connectivity index (χ0) is 73.2. The highest BCUT2D eigenvalue weighted by atomic mass is 31.2. The van der Waals surface area contributed by atoms with Gasteiger partial charge in [0.05, 0.1) is 26.4 Å². The molecular formula is C81H132O17P2. The molecule has 0 aliphatic heterocycles. The Hall–Kier alpha value is -5.32. The van der Waals surface area contributed by atoms with Gasteiger partial charge in [-0.3, -0.25) is 37.3 Å². The number of allylic oxidation sites excluding steroid dienone is 26. The standard InChI is InChI=1S/C81H132O17P2/c1-5-9-13-17-21-25-29-33-35-36-37-38-40-43-46-50-54-58-62-66-79(84)92-72-77(98-81(86)68-64-60-56-52-48-44-39-34-30-26-22-18-14-10-6-2)74-96-100(89,90)94-70-75(82)69-93-99(87,88)95-73-76(97-80(85)67-63-59-55-51-47-42-32-28-24-20-16-12-8-4)71-91-78(83)65-61-57-53-49-45-41-31-27-23-19-15-11-7-3/h9-10,13-16,19-22,25-28,31-35,37-39,43,46,54,58,75-77,82H,5-8,11-12,17-18,23-24,29-30,36,40-42,44-45,47-53,55-57,59-74H2,1-4H3,(H,87,88)(H,89,90)/b13-9-,14-10-,19-15-,20-16-,25-21-,26-22-,31-27-,32-28-,35-33-,38-37-,39-34-,46-43-,58-54-. The fourth-order valence-corrected chi connectivity index (χ4v) is 10.9. The largest absolute Gasteiger partial charge is 0.472 e. The zero-order valence-corrected chi connectivity index (χ0v) is 63.6. The van der Waals surface area contributed by atoms with Crippen molar-refractivity contribution in [3.05, 3.63) is 158 Å². The average molecular weight is 1440 g/mol. The van der Waals surface area contributed by atoms with Gasteiger partial charge < -0.3 is 33.8 Å². The number of aliphatic hydroxyl groups is 1. The lowest BCUT2D eigenvalue weighted by Gasteiger charge is -2.21. The SMILES string of the molecule is CC/C=C\C/C=C\C/C=C\C/C=C\C/C=C\C/C=C\CCC(=O)OCC(COP(=O)(O)OCC(O)COP(=O)(O)OCC(COC(=O)CCCCCCC/C=C\C/C=C\CCC)OC(=O)CCCCCCC/C=C\C/C=C\CCC)OC(=O)CCCCCCC/C=C\C/C=C\C/C=C\CC. The van der Waals surface area contributed by atoms with E-state index in [0.717, 1.165) is 186 Å². The summed E-state index contributed by atoms with van der Waals surface area (Å²) in [5.74, 6) is -2.34. The monoisotopic (exact) mass is 1440 g/mol. The minimum atomic E-state index is -5.00. The first-order valence-corrected chi connectivity index (χ1v) is 40.7. The van der Waals surface area contributed by atoms with Crippen LogP contribution in [0.2, 0.25) is 0 Å². The van der Waals surface area contributed by atoms with Gasteiger partial charge in [-0.1, -0.05) is 256 Å². The average Bonchev–Trinajstić information content (AvgIpc) is 0.946. The van der Waals surface area contributed by atoms with Crippen LogP contribution >= 0.6 is 15.6 Å². The van der Waals surface area contributed by atoms with Crippen LogP contribution in [0.25, 0.3) is 0 Å². The number of ether oxygens (including phenoxy) is 4. The van der Waals surface area contributed by atoms with Crippen molar-refractivity contribution in [2.45, 2.75) is 290 Å². The van der Waals surface area contributed by atoms with Crippen LogP contribution < -0.4 is 0 Å². The molecule has 0 bridgehead atoms. The second kappa shape index (κ2) is 72.0. The Bertz CT molecular complexity index is 2520. The molecule has 0 radical (unpaired) electrons. The van der Waals surface area contributed by atoms with Crippen LogP contribution in [0.15, 0.2) is 158 Å². The van der Waals surface area contributed by atoms with Crippen molar-refractivity contribution in [1.82, 2.24) is 0 Å². The van der Waals surface area contributed by atoms with Crippen molar-refractivity contribution in [1.29, 1.82) is 0 Å². The second-order valence-electron chi connectivity index (χ2n) is 24.5. The van der Waals surface area contributed by atoms with Gasteiger partial charge in [-0.25, -0.2) is 9.13 Å². The summed E-state index contributed by atoms with van der Waals surface area (Å²) in [4.78, 5) is 72.8. The van der Waals surface area contributed by atoms with Crippen LogP contribution in [0.1, 0.15) is 272 Å². The van der Waals surface area contributed by atoms with E-state index in [2.05, 4.69) is 167 Å². The normalized spacial score (nSPS) is 14.8. The number of carbonyl (C=O) groups is 4. The predicted molar refractivity (Wildman–Crippen MR) is 408 cm³/mol. The number of hydrogen-bond acceptors (Lipinski definition) is 15. The van der Waals surface area contributed by atoms with Gasteiger partial charge in [-0.15, -0.1) is 0 Å². The molecule has 0 aromatic carbocycles. The third-order valence-corrected chi connectivity index (χ3v) is 16.8. The molecule has 0 fully saturated rings. The van der Waals surface area contributed by atoms with Gasteiger partial charge in [0.15, 0.2) is 12.2 Å². The predicted octanol–water partition coefficient (Wildman–Crippen LogP) is 21.7. The summed E-state index contributed by atoms with van der Waals surface area (Å²) in [6.45, 7) is 4.35. The van der Waals surface area contributed by atoms with Crippen LogP contribution in [-0.4, -0.2) is 96.7 Å². The first kappa shape index (κ1) is 94.7. The Morgan fingerprint density at radius 1 is 0.290 bits per heavy atom. The molecule has 0 aromatic heterocycles. The Labute approximate surface area is 604 Å². The van der Waals surface area contributed by atoms with Crippen molar-refractivity contribution in [3.8, 4) is 0 Å². The van der Waals surface area contributed by atoms with E-state index in [0.29, 0.717) is 32.1 Å². The van der Waals surface area contributed by atoms with Gasteiger partial charge in [0.1, 0.15) is 19.3 Å². The van der Waals surface area contributed by atoms with Gasteiger partial charge >= 0.3 is 39.5 Å². The van der Waals surface area contributed by atoms with E-state index in [1.54, 1.807) is 0 Å². The molecule has 568 valence electrons. The highest BCUT2D eigenvalue weighted by Gasteiger charge is 2.30. The molecule has 19 heteroatoms. The maximum Gasteiger partial charge on any atom is 0.472 e. The number of hydrogen-bond donors (Lipinski definition) is 3. The third kappa shape index (κ3) is 71.1. The Morgan fingerprint density at radius 2 is 0.540 bits per heavy atom. The molecule has 5 atom stereocenters. The second-order valence-corrected chi connectivity index (χ2v) is 27.4. The van der Waals surface area contributed by atoms with Crippen LogP contribution in [0, 0.1) is 0 Å². The summed E-state index contributed by atoms with van der Waals surface area (Å²) >= 11 is 0. The summed E-state index contributed by atoms with van der Waals surface area (Å²) in [7, 11) is -9.99. The van der Waals surface area contributed by atoms with Gasteiger partial charge in [0.2, 0.25) is 0 Å². The molecule has 0 saturated carbocycles. The Balaban J connectivity index is 5.45. The van der Waals surface area contributed by atoms with E-state index in [4.69, 9.17) is 37.0 Å². The molecule has 0 rings (SSSR count). The Morgan fingerprint density at radius 3 is 0.860 bits per heavy atom. The summed E-state index contributed by atoms with van der Waals surface area (Å²) < 4.78 is 68.3. The maximum atomic E-state index is 13.1. The van der Waals surface area contributed by atoms with Gasteiger partial charge in [-0.2, -0.15) is 0 Å². The quantitative estimate of drug-likeness (QED) is 0.0169. The van der Waals surface area contributed by atoms with E-state index < -0.39 is 97.5 Å². The fraction of sp³-hybridized carbons (Fsp3) is 0.630. The number of phosphoric acid groups is 2. The topological polar surface area (TPSA) is 237 Å². The van der Waals surface area contributed by atoms with E-state index in [-0.39, 0.29) is 25.7 Å².